The fourth-order valence-corrected chi connectivity index (χ4v) is 6.68. The van der Waals surface area contributed by atoms with Gasteiger partial charge in [-0.15, -0.1) is 0 Å². The highest BCUT2D eigenvalue weighted by Crippen LogP contribution is 2.36. The molecule has 3 aromatic rings. The van der Waals surface area contributed by atoms with Gasteiger partial charge in [-0.1, -0.05) is 54.6 Å². The van der Waals surface area contributed by atoms with Crippen molar-refractivity contribution in [3.63, 3.8) is 0 Å². The summed E-state index contributed by atoms with van der Waals surface area (Å²) in [4.78, 5) is 17.5. The lowest BCUT2D eigenvalue weighted by Crippen LogP contribution is -2.48. The van der Waals surface area contributed by atoms with Gasteiger partial charge in [-0.2, -0.15) is 0 Å². The summed E-state index contributed by atoms with van der Waals surface area (Å²) in [6, 6.07) is 24.2. The fourth-order valence-electron chi connectivity index (χ4n) is 4.94. The molecule has 7 heteroatoms. The molecule has 0 N–H and O–H groups in total. The molecule has 1 saturated heterocycles. The van der Waals surface area contributed by atoms with Crippen LogP contribution in [-0.4, -0.2) is 56.3 Å². The molecule has 2 aliphatic rings. The molecule has 5 rings (SSSR count). The smallest absolute Gasteiger partial charge is 0.264 e. The van der Waals surface area contributed by atoms with Crippen molar-refractivity contribution in [2.75, 3.05) is 30.5 Å². The van der Waals surface area contributed by atoms with Gasteiger partial charge >= 0.3 is 0 Å². The minimum absolute atomic E-state index is 0.119. The SMILES string of the molecule is C[C@H]1Cc2ccccc2N1S(=O)(=O)c1cccc(C(=O)N2CCN(Cc3ccccc3)CC2)c1. The first kappa shape index (κ1) is 22.6. The van der Waals surface area contributed by atoms with E-state index in [1.807, 2.05) is 54.3 Å². The molecule has 1 atom stereocenters. The van der Waals surface area contributed by atoms with E-state index in [9.17, 15) is 13.2 Å². The molecule has 2 aliphatic heterocycles. The first-order chi connectivity index (χ1) is 16.4. The Morgan fingerprint density at radius 2 is 1.59 bits per heavy atom. The van der Waals surface area contributed by atoms with Gasteiger partial charge in [-0.25, -0.2) is 8.42 Å². The molecule has 3 aromatic carbocycles. The first-order valence-corrected chi connectivity index (χ1v) is 13.2. The van der Waals surface area contributed by atoms with Gasteiger partial charge in [0.1, 0.15) is 0 Å². The maximum Gasteiger partial charge on any atom is 0.264 e. The summed E-state index contributed by atoms with van der Waals surface area (Å²) >= 11 is 0. The molecule has 0 saturated carbocycles. The van der Waals surface area contributed by atoms with E-state index in [1.54, 1.807) is 18.2 Å². The van der Waals surface area contributed by atoms with Crippen LogP contribution in [0.4, 0.5) is 5.69 Å². The number of hydrogen-bond acceptors (Lipinski definition) is 4. The van der Waals surface area contributed by atoms with E-state index < -0.39 is 10.0 Å². The van der Waals surface area contributed by atoms with Crippen LogP contribution in [0.3, 0.4) is 0 Å². The Labute approximate surface area is 201 Å². The highest BCUT2D eigenvalue weighted by molar-refractivity contribution is 7.92. The second kappa shape index (κ2) is 9.24. The summed E-state index contributed by atoms with van der Waals surface area (Å²) < 4.78 is 28.6. The summed E-state index contributed by atoms with van der Waals surface area (Å²) in [5.74, 6) is -0.119. The highest BCUT2D eigenvalue weighted by Gasteiger charge is 2.36. The quantitative estimate of drug-likeness (QED) is 0.564. The Balaban J connectivity index is 1.30. The van der Waals surface area contributed by atoms with Crippen LogP contribution < -0.4 is 4.31 Å². The predicted molar refractivity (Wildman–Crippen MR) is 133 cm³/mol. The van der Waals surface area contributed by atoms with Crippen molar-refractivity contribution in [3.8, 4) is 0 Å². The third-order valence-corrected chi connectivity index (χ3v) is 8.62. The number of carbonyl (C=O) groups is 1. The van der Waals surface area contributed by atoms with Crippen LogP contribution >= 0.6 is 0 Å². The molecule has 1 amide bonds. The molecule has 0 spiro atoms. The lowest BCUT2D eigenvalue weighted by molar-refractivity contribution is 0.0628. The van der Waals surface area contributed by atoms with Crippen LogP contribution in [0.5, 0.6) is 0 Å². The van der Waals surface area contributed by atoms with Gasteiger partial charge in [-0.05, 0) is 48.7 Å². The lowest BCUT2D eigenvalue weighted by Gasteiger charge is -2.35. The van der Waals surface area contributed by atoms with Gasteiger partial charge in [-0.3, -0.25) is 14.0 Å². The van der Waals surface area contributed by atoms with E-state index in [4.69, 9.17) is 0 Å². The summed E-state index contributed by atoms with van der Waals surface area (Å²) in [5, 5.41) is 0. The van der Waals surface area contributed by atoms with Gasteiger partial charge in [0, 0.05) is 44.3 Å². The van der Waals surface area contributed by atoms with E-state index in [1.165, 1.54) is 15.9 Å². The number of fused-ring (bicyclic) bond motifs is 1. The maximum absolute atomic E-state index is 13.6. The van der Waals surface area contributed by atoms with Gasteiger partial charge in [0.2, 0.25) is 0 Å². The minimum atomic E-state index is -3.78. The van der Waals surface area contributed by atoms with Crippen LogP contribution in [0, 0.1) is 0 Å². The summed E-state index contributed by atoms with van der Waals surface area (Å²) in [7, 11) is -3.78. The van der Waals surface area contributed by atoms with Crippen LogP contribution in [0.1, 0.15) is 28.4 Å². The second-order valence-electron chi connectivity index (χ2n) is 9.06. The fraction of sp³-hybridized carbons (Fsp3) is 0.296. The molecule has 1 fully saturated rings. The molecule has 34 heavy (non-hydrogen) atoms. The highest BCUT2D eigenvalue weighted by atomic mass is 32.2. The number of carbonyl (C=O) groups excluding carboxylic acids is 1. The first-order valence-electron chi connectivity index (χ1n) is 11.7. The average Bonchev–Trinajstić information content (AvgIpc) is 3.21. The molecule has 6 nitrogen and oxygen atoms in total. The summed E-state index contributed by atoms with van der Waals surface area (Å²) in [5.41, 5.74) is 3.43. The normalized spacial score (nSPS) is 18.7. The average molecular weight is 476 g/mol. The molecular formula is C27H29N3O3S. The van der Waals surface area contributed by atoms with Crippen molar-refractivity contribution < 1.29 is 13.2 Å². The Morgan fingerprint density at radius 3 is 2.35 bits per heavy atom. The van der Waals surface area contributed by atoms with Crippen molar-refractivity contribution in [1.29, 1.82) is 0 Å². The molecule has 0 aromatic heterocycles. The zero-order valence-electron chi connectivity index (χ0n) is 19.3. The topological polar surface area (TPSA) is 60.9 Å². The lowest BCUT2D eigenvalue weighted by atomic mass is 10.1. The Kier molecular flexibility index (Phi) is 6.15. The molecule has 0 aliphatic carbocycles. The number of anilines is 1. The standard InChI is InChI=1S/C27H29N3O3S/c1-21-18-23-10-5-6-13-26(23)30(21)34(32,33)25-12-7-11-24(19-25)27(31)29-16-14-28(15-17-29)20-22-8-3-2-4-9-22/h2-13,19,21H,14-18,20H2,1H3/t21-/m0/s1. The van der Waals surface area contributed by atoms with Crippen LogP contribution in [0.25, 0.3) is 0 Å². The van der Waals surface area contributed by atoms with Crippen LogP contribution in [0.2, 0.25) is 0 Å². The van der Waals surface area contributed by atoms with Crippen molar-refractivity contribution in [3.05, 3.63) is 95.6 Å². The van der Waals surface area contributed by atoms with E-state index in [0.29, 0.717) is 25.1 Å². The zero-order chi connectivity index (χ0) is 23.7. The van der Waals surface area contributed by atoms with Gasteiger partial charge in [0.05, 0.1) is 10.6 Å². The van der Waals surface area contributed by atoms with Gasteiger partial charge in [0.25, 0.3) is 15.9 Å². The van der Waals surface area contributed by atoms with Crippen molar-refractivity contribution in [2.24, 2.45) is 0 Å². The van der Waals surface area contributed by atoms with Crippen LogP contribution in [0.15, 0.2) is 83.8 Å². The zero-order valence-corrected chi connectivity index (χ0v) is 20.1. The number of hydrogen-bond donors (Lipinski definition) is 0. The maximum atomic E-state index is 13.6. The molecular weight excluding hydrogens is 446 g/mol. The molecule has 0 bridgehead atoms. The Hall–Kier alpha value is -3.16. The number of para-hydroxylation sites is 1. The number of sulfonamides is 1. The number of nitrogens with zero attached hydrogens (tertiary/aromatic N) is 3. The van der Waals surface area contributed by atoms with Crippen LogP contribution in [-0.2, 0) is 23.0 Å². The Morgan fingerprint density at radius 1 is 0.882 bits per heavy atom. The monoisotopic (exact) mass is 475 g/mol. The molecule has 2 heterocycles. The summed E-state index contributed by atoms with van der Waals surface area (Å²) in [6.07, 6.45) is 0.682. The van der Waals surface area contributed by atoms with E-state index in [0.717, 1.165) is 30.9 Å². The molecule has 176 valence electrons. The third kappa shape index (κ3) is 4.33. The minimum Gasteiger partial charge on any atom is -0.336 e. The van der Waals surface area contributed by atoms with E-state index in [2.05, 4.69) is 17.0 Å². The number of rotatable bonds is 5. The Bertz CT molecular complexity index is 1290. The molecule has 0 unspecified atom stereocenters. The summed E-state index contributed by atoms with van der Waals surface area (Å²) in [6.45, 7) is 5.62. The van der Waals surface area contributed by atoms with E-state index in [-0.39, 0.29) is 16.8 Å². The predicted octanol–water partition coefficient (Wildman–Crippen LogP) is 3.78. The second-order valence-corrected chi connectivity index (χ2v) is 10.9. The largest absolute Gasteiger partial charge is 0.336 e. The molecule has 0 radical (unpaired) electrons. The number of piperazine rings is 1. The van der Waals surface area contributed by atoms with Crippen molar-refractivity contribution in [1.82, 2.24) is 9.80 Å². The number of amides is 1. The van der Waals surface area contributed by atoms with Crippen molar-refractivity contribution >= 4 is 21.6 Å². The van der Waals surface area contributed by atoms with Crippen molar-refractivity contribution in [2.45, 2.75) is 30.8 Å². The van der Waals surface area contributed by atoms with Gasteiger partial charge in [0.15, 0.2) is 0 Å². The van der Waals surface area contributed by atoms with Gasteiger partial charge < -0.3 is 4.90 Å². The third-order valence-electron chi connectivity index (χ3n) is 6.69. The van der Waals surface area contributed by atoms with E-state index >= 15 is 0 Å². The number of benzene rings is 3.